The van der Waals surface area contributed by atoms with Crippen LogP contribution in [-0.2, 0) is 0 Å². The minimum absolute atomic E-state index is 0.0161. The molecule has 0 aromatic heterocycles. The molecule has 0 spiro atoms. The zero-order valence-electron chi connectivity index (χ0n) is 9.95. The Morgan fingerprint density at radius 2 is 1.85 bits per heavy atom. The van der Waals surface area contributed by atoms with Gasteiger partial charge in [-0.1, -0.05) is 23.9 Å². The van der Waals surface area contributed by atoms with Crippen molar-refractivity contribution in [1.29, 1.82) is 0 Å². The van der Waals surface area contributed by atoms with Gasteiger partial charge in [0.15, 0.2) is 0 Å². The molecular weight excluding hydrogens is 300 g/mol. The molecule has 0 radical (unpaired) electrons. The Morgan fingerprint density at radius 1 is 1.15 bits per heavy atom. The Labute approximate surface area is 123 Å². The van der Waals surface area contributed by atoms with Gasteiger partial charge in [0.1, 0.15) is 0 Å². The molecule has 0 aliphatic carbocycles. The lowest BCUT2D eigenvalue weighted by Crippen LogP contribution is -2.22. The van der Waals surface area contributed by atoms with E-state index >= 15 is 0 Å². The second-order valence-electron chi connectivity index (χ2n) is 4.07. The Balaban J connectivity index is 2.20. The van der Waals surface area contributed by atoms with E-state index in [1.807, 2.05) is 18.2 Å². The fourth-order valence-corrected chi connectivity index (χ4v) is 3.32. The van der Waals surface area contributed by atoms with Crippen LogP contribution in [0, 0.1) is 10.1 Å². The number of anilines is 2. The molecule has 1 aliphatic rings. The summed E-state index contributed by atoms with van der Waals surface area (Å²) in [6.07, 6.45) is 0. The number of nitrogens with zero attached hydrogens (tertiary/aromatic N) is 2. The fourth-order valence-electron chi connectivity index (χ4n) is 2.05. The van der Waals surface area contributed by atoms with Crippen LogP contribution in [-0.4, -0.2) is 10.3 Å². The van der Waals surface area contributed by atoms with Gasteiger partial charge in [0.05, 0.1) is 16.3 Å². The molecular formula is C13H7ClN2O3S. The summed E-state index contributed by atoms with van der Waals surface area (Å²) >= 11 is 7.04. The molecule has 20 heavy (non-hydrogen) atoms. The van der Waals surface area contributed by atoms with Crippen molar-refractivity contribution in [3.63, 3.8) is 0 Å². The Hall–Kier alpha value is -2.05. The van der Waals surface area contributed by atoms with E-state index in [0.717, 1.165) is 4.90 Å². The molecule has 0 unspecified atom stereocenters. The standard InChI is InChI=1S/C13H7ClN2O3S/c14-13(17)15-9-3-1-2-4-11(9)20-12-7-8(16(18)19)5-6-10(12)15/h1-7H. The molecule has 3 rings (SSSR count). The van der Waals surface area contributed by atoms with Gasteiger partial charge in [-0.15, -0.1) is 0 Å². The van der Waals surface area contributed by atoms with Crippen LogP contribution in [0.1, 0.15) is 0 Å². The van der Waals surface area contributed by atoms with Crippen molar-refractivity contribution >= 4 is 45.8 Å². The monoisotopic (exact) mass is 306 g/mol. The number of non-ortho nitro benzene ring substituents is 1. The minimum atomic E-state index is -0.646. The third-order valence-corrected chi connectivity index (χ3v) is 4.18. The molecule has 7 heteroatoms. The number of hydrogen-bond acceptors (Lipinski definition) is 4. The number of hydrogen-bond donors (Lipinski definition) is 0. The van der Waals surface area contributed by atoms with Crippen molar-refractivity contribution in [2.45, 2.75) is 9.79 Å². The number of carbonyl (C=O) groups is 1. The minimum Gasteiger partial charge on any atom is -0.265 e. The first-order valence-corrected chi connectivity index (χ1v) is 6.82. The summed E-state index contributed by atoms with van der Waals surface area (Å²) in [4.78, 5) is 24.9. The Morgan fingerprint density at radius 3 is 2.55 bits per heavy atom. The van der Waals surface area contributed by atoms with Crippen LogP contribution in [0.25, 0.3) is 0 Å². The van der Waals surface area contributed by atoms with E-state index in [2.05, 4.69) is 0 Å². The average Bonchev–Trinajstić information content (AvgIpc) is 2.43. The van der Waals surface area contributed by atoms with E-state index in [0.29, 0.717) is 16.3 Å². The number of para-hydroxylation sites is 1. The summed E-state index contributed by atoms with van der Waals surface area (Å²) < 4.78 is 0. The lowest BCUT2D eigenvalue weighted by Gasteiger charge is -2.28. The van der Waals surface area contributed by atoms with Gasteiger partial charge in [0.2, 0.25) is 0 Å². The molecule has 0 saturated heterocycles. The predicted molar refractivity (Wildman–Crippen MR) is 77.0 cm³/mol. The van der Waals surface area contributed by atoms with E-state index in [4.69, 9.17) is 11.6 Å². The van der Waals surface area contributed by atoms with Crippen molar-refractivity contribution in [3.8, 4) is 0 Å². The lowest BCUT2D eigenvalue weighted by molar-refractivity contribution is -0.385. The molecule has 2 aromatic carbocycles. The van der Waals surface area contributed by atoms with Crippen molar-refractivity contribution in [2.24, 2.45) is 0 Å². The number of amides is 1. The first-order valence-electron chi connectivity index (χ1n) is 5.63. The predicted octanol–water partition coefficient (Wildman–Crippen LogP) is 4.56. The number of nitro groups is 1. The quantitative estimate of drug-likeness (QED) is 0.335. The van der Waals surface area contributed by atoms with Crippen LogP contribution in [0.4, 0.5) is 21.9 Å². The topological polar surface area (TPSA) is 63.5 Å². The maximum Gasteiger partial charge on any atom is 0.325 e. The van der Waals surface area contributed by atoms with E-state index < -0.39 is 10.3 Å². The normalized spacial score (nSPS) is 12.6. The summed E-state index contributed by atoms with van der Waals surface area (Å²) in [5, 5.41) is 10.2. The second-order valence-corrected chi connectivity index (χ2v) is 5.47. The molecule has 1 amide bonds. The van der Waals surface area contributed by atoms with E-state index in [9.17, 15) is 14.9 Å². The molecule has 100 valence electrons. The van der Waals surface area contributed by atoms with Gasteiger partial charge >= 0.3 is 5.37 Å². The first-order chi connectivity index (χ1) is 9.58. The third kappa shape index (κ3) is 2.03. The number of halogens is 1. The molecule has 1 heterocycles. The highest BCUT2D eigenvalue weighted by Gasteiger charge is 2.28. The van der Waals surface area contributed by atoms with E-state index in [1.165, 1.54) is 34.9 Å². The number of fused-ring (bicyclic) bond motifs is 2. The van der Waals surface area contributed by atoms with Crippen LogP contribution in [0.2, 0.25) is 0 Å². The highest BCUT2D eigenvalue weighted by molar-refractivity contribution is 7.99. The van der Waals surface area contributed by atoms with Gasteiger partial charge in [-0.25, -0.2) is 0 Å². The van der Waals surface area contributed by atoms with Crippen molar-refractivity contribution in [3.05, 3.63) is 52.6 Å². The van der Waals surface area contributed by atoms with Gasteiger partial charge in [-0.2, -0.15) is 0 Å². The second kappa shape index (κ2) is 4.81. The van der Waals surface area contributed by atoms with Gasteiger partial charge < -0.3 is 0 Å². The highest BCUT2D eigenvalue weighted by atomic mass is 35.5. The largest absolute Gasteiger partial charge is 0.325 e. The molecule has 5 nitrogen and oxygen atoms in total. The SMILES string of the molecule is O=C(Cl)N1c2ccccc2Sc2cc([N+](=O)[O-])ccc21. The zero-order chi connectivity index (χ0) is 14.3. The highest BCUT2D eigenvalue weighted by Crippen LogP contribution is 2.49. The van der Waals surface area contributed by atoms with Crippen LogP contribution in [0.5, 0.6) is 0 Å². The number of rotatable bonds is 1. The molecule has 0 N–H and O–H groups in total. The van der Waals surface area contributed by atoms with Crippen LogP contribution < -0.4 is 4.90 Å². The van der Waals surface area contributed by atoms with Crippen LogP contribution in [0.3, 0.4) is 0 Å². The molecule has 0 saturated carbocycles. The molecule has 2 aromatic rings. The summed E-state index contributed by atoms with van der Waals surface area (Å²) in [7, 11) is 0. The van der Waals surface area contributed by atoms with Gasteiger partial charge in [0.25, 0.3) is 5.69 Å². The van der Waals surface area contributed by atoms with Gasteiger partial charge in [-0.3, -0.25) is 19.8 Å². The molecule has 1 aliphatic heterocycles. The number of nitro benzene ring substituents is 1. The third-order valence-electron chi connectivity index (χ3n) is 2.90. The summed E-state index contributed by atoms with van der Waals surface area (Å²) in [5.74, 6) is 0. The maximum absolute atomic E-state index is 11.7. The lowest BCUT2D eigenvalue weighted by atomic mass is 10.2. The van der Waals surface area contributed by atoms with Crippen LogP contribution >= 0.6 is 23.4 Å². The molecule has 0 atom stereocenters. The van der Waals surface area contributed by atoms with E-state index in [-0.39, 0.29) is 5.69 Å². The molecule has 0 fully saturated rings. The van der Waals surface area contributed by atoms with Crippen molar-refractivity contribution in [2.75, 3.05) is 4.90 Å². The van der Waals surface area contributed by atoms with Crippen LogP contribution in [0.15, 0.2) is 52.3 Å². The number of benzene rings is 2. The molecule has 0 bridgehead atoms. The zero-order valence-corrected chi connectivity index (χ0v) is 11.5. The first kappa shape index (κ1) is 13.0. The smallest absolute Gasteiger partial charge is 0.265 e. The Bertz CT molecular complexity index is 735. The maximum atomic E-state index is 11.7. The summed E-state index contributed by atoms with van der Waals surface area (Å²) in [6.45, 7) is 0. The van der Waals surface area contributed by atoms with Gasteiger partial charge in [0, 0.05) is 21.9 Å². The van der Waals surface area contributed by atoms with Gasteiger partial charge in [-0.05, 0) is 29.8 Å². The van der Waals surface area contributed by atoms with E-state index in [1.54, 1.807) is 6.07 Å². The van der Waals surface area contributed by atoms with Crippen molar-refractivity contribution < 1.29 is 9.72 Å². The van der Waals surface area contributed by atoms with Crippen molar-refractivity contribution in [1.82, 2.24) is 0 Å². The summed E-state index contributed by atoms with van der Waals surface area (Å²) in [5.41, 5.74) is 1.22. The Kier molecular flexibility index (Phi) is 3.11. The summed E-state index contributed by atoms with van der Waals surface area (Å²) in [6, 6.07) is 11.6. The fraction of sp³-hybridized carbons (Fsp3) is 0. The number of carbonyl (C=O) groups excluding carboxylic acids is 1. The average molecular weight is 307 g/mol.